The summed E-state index contributed by atoms with van der Waals surface area (Å²) < 4.78 is 37.8. The van der Waals surface area contributed by atoms with Gasteiger partial charge in [0.15, 0.2) is 0 Å². The normalized spacial score (nSPS) is 17.3. The molecule has 1 amide bonds. The minimum absolute atomic E-state index is 0.0931. The molecule has 2 rings (SSSR count). The van der Waals surface area contributed by atoms with Gasteiger partial charge in [0, 0.05) is 19.0 Å². The zero-order valence-electron chi connectivity index (χ0n) is 15.8. The number of likely N-dealkylation sites (tertiary alicyclic amines) is 1. The van der Waals surface area contributed by atoms with Crippen LogP contribution in [0.1, 0.15) is 63.5 Å². The summed E-state index contributed by atoms with van der Waals surface area (Å²) in [5.74, 6) is 0.844. The fourth-order valence-corrected chi connectivity index (χ4v) is 3.61. The summed E-state index contributed by atoms with van der Waals surface area (Å²) in [5.41, 5.74) is 0.215. The van der Waals surface area contributed by atoms with Crippen LogP contribution < -0.4 is 0 Å². The minimum Gasteiger partial charge on any atom is -0.342 e. The van der Waals surface area contributed by atoms with Gasteiger partial charge in [-0.3, -0.25) is 4.79 Å². The zero-order valence-corrected chi connectivity index (χ0v) is 15.8. The Kier molecular flexibility index (Phi) is 7.54. The molecule has 0 saturated carbocycles. The molecule has 0 bridgehead atoms. The summed E-state index contributed by atoms with van der Waals surface area (Å²) in [6.45, 7) is 5.82. The monoisotopic (exact) mass is 369 g/mol. The summed E-state index contributed by atoms with van der Waals surface area (Å²) in [7, 11) is 0. The topological polar surface area (TPSA) is 20.3 Å². The first kappa shape index (κ1) is 20.8. The predicted octanol–water partition coefficient (Wildman–Crippen LogP) is 5.70. The summed E-state index contributed by atoms with van der Waals surface area (Å²) in [5, 5.41) is 0. The van der Waals surface area contributed by atoms with Crippen LogP contribution in [-0.2, 0) is 17.4 Å². The van der Waals surface area contributed by atoms with Crippen molar-refractivity contribution in [2.24, 2.45) is 11.8 Å². The maximum atomic E-state index is 12.6. The molecule has 1 saturated heterocycles. The SMILES string of the molecule is CCCCC1CCN(C(=O)C(C)CCc2ccc(C(F)(F)F)cc2)CC1. The van der Waals surface area contributed by atoms with Crippen molar-refractivity contribution in [1.82, 2.24) is 4.90 Å². The number of piperidine rings is 1. The largest absolute Gasteiger partial charge is 0.416 e. The molecule has 1 unspecified atom stereocenters. The first-order valence-corrected chi connectivity index (χ1v) is 9.76. The van der Waals surface area contributed by atoms with Crippen molar-refractivity contribution in [1.29, 1.82) is 0 Å². The van der Waals surface area contributed by atoms with Crippen LogP contribution in [0.15, 0.2) is 24.3 Å². The van der Waals surface area contributed by atoms with E-state index in [0.717, 1.165) is 49.5 Å². The third kappa shape index (κ3) is 6.03. The van der Waals surface area contributed by atoms with Crippen LogP contribution >= 0.6 is 0 Å². The van der Waals surface area contributed by atoms with E-state index in [9.17, 15) is 18.0 Å². The number of aryl methyl sites for hydroxylation is 1. The first-order valence-electron chi connectivity index (χ1n) is 9.76. The molecule has 1 heterocycles. The van der Waals surface area contributed by atoms with Crippen LogP contribution in [0.25, 0.3) is 0 Å². The van der Waals surface area contributed by atoms with Crippen molar-refractivity contribution >= 4 is 5.91 Å². The second-order valence-corrected chi connectivity index (χ2v) is 7.55. The number of amides is 1. The van der Waals surface area contributed by atoms with Crippen LogP contribution in [0, 0.1) is 11.8 Å². The van der Waals surface area contributed by atoms with Crippen LogP contribution in [0.5, 0.6) is 0 Å². The van der Waals surface area contributed by atoms with Crippen molar-refractivity contribution in [2.45, 2.75) is 65.0 Å². The highest BCUT2D eigenvalue weighted by Crippen LogP contribution is 2.29. The highest BCUT2D eigenvalue weighted by Gasteiger charge is 2.30. The maximum Gasteiger partial charge on any atom is 0.416 e. The van der Waals surface area contributed by atoms with Crippen molar-refractivity contribution in [2.75, 3.05) is 13.1 Å². The van der Waals surface area contributed by atoms with Gasteiger partial charge in [-0.15, -0.1) is 0 Å². The Morgan fingerprint density at radius 1 is 1.19 bits per heavy atom. The highest BCUT2D eigenvalue weighted by molar-refractivity contribution is 5.78. The molecule has 5 heteroatoms. The van der Waals surface area contributed by atoms with Gasteiger partial charge in [-0.1, -0.05) is 45.2 Å². The van der Waals surface area contributed by atoms with Gasteiger partial charge in [0.2, 0.25) is 5.91 Å². The number of unbranched alkanes of at least 4 members (excludes halogenated alkanes) is 1. The molecule has 1 aromatic carbocycles. The van der Waals surface area contributed by atoms with Crippen molar-refractivity contribution in [3.05, 3.63) is 35.4 Å². The predicted molar refractivity (Wildman–Crippen MR) is 97.8 cm³/mol. The van der Waals surface area contributed by atoms with E-state index in [1.165, 1.54) is 31.4 Å². The molecular weight excluding hydrogens is 339 g/mol. The molecule has 0 N–H and O–H groups in total. The van der Waals surface area contributed by atoms with E-state index in [0.29, 0.717) is 12.8 Å². The number of carbonyl (C=O) groups is 1. The number of benzene rings is 1. The summed E-state index contributed by atoms with van der Waals surface area (Å²) >= 11 is 0. The van der Waals surface area contributed by atoms with Crippen molar-refractivity contribution < 1.29 is 18.0 Å². The van der Waals surface area contributed by atoms with Crippen molar-refractivity contribution in [3.8, 4) is 0 Å². The van der Waals surface area contributed by atoms with E-state index in [1.54, 1.807) is 0 Å². The molecule has 1 fully saturated rings. The average molecular weight is 369 g/mol. The molecular formula is C21H30F3NO. The lowest BCUT2D eigenvalue weighted by Gasteiger charge is -2.33. The molecule has 1 aliphatic rings. The third-order valence-electron chi connectivity index (χ3n) is 5.46. The van der Waals surface area contributed by atoms with E-state index in [2.05, 4.69) is 6.92 Å². The Morgan fingerprint density at radius 2 is 1.81 bits per heavy atom. The smallest absolute Gasteiger partial charge is 0.342 e. The second-order valence-electron chi connectivity index (χ2n) is 7.55. The maximum absolute atomic E-state index is 12.6. The van der Waals surface area contributed by atoms with Gasteiger partial charge in [-0.25, -0.2) is 0 Å². The van der Waals surface area contributed by atoms with Crippen LogP contribution in [0.4, 0.5) is 13.2 Å². The lowest BCUT2D eigenvalue weighted by Crippen LogP contribution is -2.41. The average Bonchev–Trinajstić information content (AvgIpc) is 2.64. The molecule has 1 aliphatic heterocycles. The number of halogens is 3. The molecule has 1 aromatic rings. The van der Waals surface area contributed by atoms with Gasteiger partial charge in [0.05, 0.1) is 5.56 Å². The standard InChI is InChI=1S/C21H30F3NO/c1-3-4-5-17-12-14-25(15-13-17)20(26)16(2)6-7-18-8-10-19(11-9-18)21(22,23)24/h8-11,16-17H,3-7,12-15H2,1-2H3. The van der Waals surface area contributed by atoms with Crippen LogP contribution in [-0.4, -0.2) is 23.9 Å². The molecule has 0 aromatic heterocycles. The fourth-order valence-electron chi connectivity index (χ4n) is 3.61. The van der Waals surface area contributed by atoms with E-state index in [4.69, 9.17) is 0 Å². The van der Waals surface area contributed by atoms with E-state index in [-0.39, 0.29) is 11.8 Å². The number of rotatable bonds is 7. The Bertz CT molecular complexity index is 560. The van der Waals surface area contributed by atoms with Gasteiger partial charge in [-0.2, -0.15) is 13.2 Å². The number of alkyl halides is 3. The Balaban J connectivity index is 1.77. The Hall–Kier alpha value is -1.52. The number of hydrogen-bond donors (Lipinski definition) is 0. The van der Waals surface area contributed by atoms with Gasteiger partial charge >= 0.3 is 6.18 Å². The lowest BCUT2D eigenvalue weighted by molar-refractivity contribution is -0.138. The van der Waals surface area contributed by atoms with Crippen LogP contribution in [0.3, 0.4) is 0 Å². The Labute approximate surface area is 154 Å². The molecule has 0 aliphatic carbocycles. The molecule has 0 radical (unpaired) electrons. The van der Waals surface area contributed by atoms with Gasteiger partial charge in [0.25, 0.3) is 0 Å². The van der Waals surface area contributed by atoms with Gasteiger partial charge in [-0.05, 0) is 49.3 Å². The van der Waals surface area contributed by atoms with Gasteiger partial charge < -0.3 is 4.90 Å². The van der Waals surface area contributed by atoms with E-state index < -0.39 is 11.7 Å². The highest BCUT2D eigenvalue weighted by atomic mass is 19.4. The summed E-state index contributed by atoms with van der Waals surface area (Å²) in [6, 6.07) is 5.25. The molecule has 0 spiro atoms. The van der Waals surface area contributed by atoms with Crippen LogP contribution in [0.2, 0.25) is 0 Å². The number of hydrogen-bond acceptors (Lipinski definition) is 1. The molecule has 1 atom stereocenters. The minimum atomic E-state index is -4.30. The molecule has 2 nitrogen and oxygen atoms in total. The van der Waals surface area contributed by atoms with E-state index >= 15 is 0 Å². The number of carbonyl (C=O) groups excluding carboxylic acids is 1. The number of nitrogens with zero attached hydrogens (tertiary/aromatic N) is 1. The quantitative estimate of drug-likeness (QED) is 0.603. The van der Waals surface area contributed by atoms with E-state index in [1.807, 2.05) is 11.8 Å². The fraction of sp³-hybridized carbons (Fsp3) is 0.667. The lowest BCUT2D eigenvalue weighted by atomic mass is 9.90. The molecule has 146 valence electrons. The Morgan fingerprint density at radius 3 is 2.35 bits per heavy atom. The van der Waals surface area contributed by atoms with Crippen molar-refractivity contribution in [3.63, 3.8) is 0 Å². The third-order valence-corrected chi connectivity index (χ3v) is 5.46. The zero-order chi connectivity index (χ0) is 19.2. The van der Waals surface area contributed by atoms with Gasteiger partial charge in [0.1, 0.15) is 0 Å². The first-order chi connectivity index (χ1) is 12.3. The second kappa shape index (κ2) is 9.43. The summed E-state index contributed by atoms with van der Waals surface area (Å²) in [6.07, 6.45) is 2.93. The summed E-state index contributed by atoms with van der Waals surface area (Å²) in [4.78, 5) is 14.6. The molecule has 26 heavy (non-hydrogen) atoms.